The molecule has 0 aliphatic carbocycles. The first-order chi connectivity index (χ1) is 13.3. The average molecular weight is 386 g/mol. The molecule has 1 heterocycles. The Morgan fingerprint density at radius 2 is 1.71 bits per heavy atom. The molecule has 0 saturated carbocycles. The lowest BCUT2D eigenvalue weighted by atomic mass is 10.1. The van der Waals surface area contributed by atoms with E-state index in [-0.39, 0.29) is 18.2 Å². The van der Waals surface area contributed by atoms with Gasteiger partial charge < -0.3 is 9.64 Å². The second-order valence-corrected chi connectivity index (χ2v) is 6.11. The zero-order chi connectivity index (χ0) is 20.1. The Labute approximate surface area is 160 Å². The number of anilines is 1. The molecular weight excluding hydrogens is 369 g/mol. The van der Waals surface area contributed by atoms with Crippen molar-refractivity contribution in [2.75, 3.05) is 4.90 Å². The van der Waals surface area contributed by atoms with Gasteiger partial charge in [0.2, 0.25) is 0 Å². The molecule has 28 heavy (non-hydrogen) atoms. The number of para-hydroxylation sites is 1. The number of carbonyl (C=O) groups is 1. The van der Waals surface area contributed by atoms with Gasteiger partial charge in [-0.25, -0.2) is 0 Å². The summed E-state index contributed by atoms with van der Waals surface area (Å²) >= 11 is 0. The highest BCUT2D eigenvalue weighted by Crippen LogP contribution is 2.25. The lowest BCUT2D eigenvalue weighted by Crippen LogP contribution is -2.31. The van der Waals surface area contributed by atoms with Crippen molar-refractivity contribution in [3.05, 3.63) is 89.7 Å². The number of ether oxygens (including phenoxy) is 1. The van der Waals surface area contributed by atoms with Gasteiger partial charge in [0.05, 0.1) is 6.54 Å². The maximum Gasteiger partial charge on any atom is 0.573 e. The van der Waals surface area contributed by atoms with Crippen LogP contribution in [0.3, 0.4) is 0 Å². The number of alkyl halides is 3. The molecule has 3 aromatic rings. The van der Waals surface area contributed by atoms with Crippen molar-refractivity contribution in [2.45, 2.75) is 19.8 Å². The van der Waals surface area contributed by atoms with Crippen LogP contribution in [0.5, 0.6) is 5.75 Å². The van der Waals surface area contributed by atoms with E-state index < -0.39 is 6.36 Å². The fourth-order valence-corrected chi connectivity index (χ4v) is 2.73. The van der Waals surface area contributed by atoms with Gasteiger partial charge in [-0.05, 0) is 48.4 Å². The summed E-state index contributed by atoms with van der Waals surface area (Å²) in [7, 11) is 0. The van der Waals surface area contributed by atoms with Crippen LogP contribution in [-0.2, 0) is 6.54 Å². The van der Waals surface area contributed by atoms with E-state index in [1.165, 1.54) is 24.3 Å². The Balaban J connectivity index is 1.88. The first-order valence-corrected chi connectivity index (χ1v) is 8.46. The van der Waals surface area contributed by atoms with Crippen LogP contribution in [-0.4, -0.2) is 17.3 Å². The van der Waals surface area contributed by atoms with Gasteiger partial charge in [0.1, 0.15) is 5.75 Å². The minimum Gasteiger partial charge on any atom is -0.406 e. The van der Waals surface area contributed by atoms with E-state index in [4.69, 9.17) is 0 Å². The molecule has 0 spiro atoms. The fourth-order valence-electron chi connectivity index (χ4n) is 2.73. The van der Waals surface area contributed by atoms with Gasteiger partial charge in [-0.15, -0.1) is 13.2 Å². The molecule has 0 N–H and O–H groups in total. The lowest BCUT2D eigenvalue weighted by molar-refractivity contribution is -0.274. The Hall–Kier alpha value is -3.35. The van der Waals surface area contributed by atoms with Crippen molar-refractivity contribution in [1.29, 1.82) is 0 Å². The van der Waals surface area contributed by atoms with Crippen LogP contribution < -0.4 is 9.64 Å². The number of halogens is 3. The second kappa shape index (κ2) is 8.12. The summed E-state index contributed by atoms with van der Waals surface area (Å²) in [5, 5.41) is 0. The molecule has 1 amide bonds. The third-order valence-electron chi connectivity index (χ3n) is 4.06. The summed E-state index contributed by atoms with van der Waals surface area (Å²) in [5.74, 6) is -0.527. The smallest absolute Gasteiger partial charge is 0.406 e. The zero-order valence-electron chi connectivity index (χ0n) is 15.0. The first-order valence-electron chi connectivity index (χ1n) is 8.46. The minimum atomic E-state index is -4.74. The van der Waals surface area contributed by atoms with Crippen molar-refractivity contribution < 1.29 is 22.7 Å². The molecule has 0 aliphatic rings. The molecular formula is C21H17F3N2O2. The van der Waals surface area contributed by atoms with Crippen molar-refractivity contribution in [3.8, 4) is 5.75 Å². The normalized spacial score (nSPS) is 11.1. The summed E-state index contributed by atoms with van der Waals surface area (Å²) in [6.45, 7) is 1.99. The standard InChI is InChI=1S/C21H17F3N2O2/c1-15-13-25-12-11-19(15)20(27)26(17-5-3-2-4-6-17)14-16-7-9-18(10-8-16)28-21(22,23)24/h2-13H,14H2,1H3. The molecule has 7 heteroatoms. The van der Waals surface area contributed by atoms with E-state index in [1.54, 1.807) is 42.4 Å². The van der Waals surface area contributed by atoms with Gasteiger partial charge in [-0.2, -0.15) is 0 Å². The zero-order valence-corrected chi connectivity index (χ0v) is 15.0. The second-order valence-electron chi connectivity index (χ2n) is 6.11. The SMILES string of the molecule is Cc1cnccc1C(=O)N(Cc1ccc(OC(F)(F)F)cc1)c1ccccc1. The molecule has 0 atom stereocenters. The lowest BCUT2D eigenvalue weighted by Gasteiger charge is -2.24. The number of carbonyl (C=O) groups excluding carboxylic acids is 1. The van der Waals surface area contributed by atoms with E-state index in [0.29, 0.717) is 16.8 Å². The van der Waals surface area contributed by atoms with E-state index >= 15 is 0 Å². The van der Waals surface area contributed by atoms with Crippen LogP contribution in [0.25, 0.3) is 0 Å². The summed E-state index contributed by atoms with van der Waals surface area (Å²) < 4.78 is 40.9. The van der Waals surface area contributed by atoms with Gasteiger partial charge in [-0.1, -0.05) is 30.3 Å². The van der Waals surface area contributed by atoms with Crippen molar-refractivity contribution >= 4 is 11.6 Å². The van der Waals surface area contributed by atoms with Gasteiger partial charge in [0, 0.05) is 23.6 Å². The monoisotopic (exact) mass is 386 g/mol. The van der Waals surface area contributed by atoms with E-state index in [1.807, 2.05) is 18.2 Å². The fraction of sp³-hybridized carbons (Fsp3) is 0.143. The molecule has 0 saturated heterocycles. The predicted octanol–water partition coefficient (Wildman–Crippen LogP) is 5.14. The predicted molar refractivity (Wildman–Crippen MR) is 99.1 cm³/mol. The highest BCUT2D eigenvalue weighted by Gasteiger charge is 2.31. The Morgan fingerprint density at radius 1 is 1.04 bits per heavy atom. The minimum absolute atomic E-state index is 0.191. The summed E-state index contributed by atoms with van der Waals surface area (Å²) in [4.78, 5) is 18.7. The number of rotatable bonds is 5. The van der Waals surface area contributed by atoms with Crippen LogP contribution in [0.4, 0.5) is 18.9 Å². The Bertz CT molecular complexity index is 942. The van der Waals surface area contributed by atoms with Crippen molar-refractivity contribution in [3.63, 3.8) is 0 Å². The summed E-state index contributed by atoms with van der Waals surface area (Å²) in [6, 6.07) is 16.2. The van der Waals surface area contributed by atoms with Crippen molar-refractivity contribution in [1.82, 2.24) is 4.98 Å². The molecule has 0 bridgehead atoms. The molecule has 4 nitrogen and oxygen atoms in total. The van der Waals surface area contributed by atoms with Crippen LogP contribution in [0, 0.1) is 6.92 Å². The van der Waals surface area contributed by atoms with E-state index in [2.05, 4.69) is 9.72 Å². The van der Waals surface area contributed by atoms with Crippen LogP contribution in [0.2, 0.25) is 0 Å². The Morgan fingerprint density at radius 3 is 2.32 bits per heavy atom. The molecule has 144 valence electrons. The maximum atomic E-state index is 13.1. The highest BCUT2D eigenvalue weighted by molar-refractivity contribution is 6.06. The molecule has 0 aliphatic heterocycles. The number of pyridine rings is 1. The molecule has 0 radical (unpaired) electrons. The summed E-state index contributed by atoms with van der Waals surface area (Å²) in [5.41, 5.74) is 2.59. The number of benzene rings is 2. The number of amides is 1. The number of hydrogen-bond acceptors (Lipinski definition) is 3. The third-order valence-corrected chi connectivity index (χ3v) is 4.06. The molecule has 1 aromatic heterocycles. The van der Waals surface area contributed by atoms with Gasteiger partial charge >= 0.3 is 6.36 Å². The number of hydrogen-bond donors (Lipinski definition) is 0. The molecule has 2 aromatic carbocycles. The molecule has 0 unspecified atom stereocenters. The molecule has 0 fully saturated rings. The van der Waals surface area contributed by atoms with Crippen LogP contribution in [0.1, 0.15) is 21.5 Å². The van der Waals surface area contributed by atoms with Gasteiger partial charge in [-0.3, -0.25) is 9.78 Å². The topological polar surface area (TPSA) is 42.4 Å². The number of nitrogens with zero attached hydrogens (tertiary/aromatic N) is 2. The number of aromatic nitrogens is 1. The third kappa shape index (κ3) is 4.88. The van der Waals surface area contributed by atoms with Crippen LogP contribution >= 0.6 is 0 Å². The van der Waals surface area contributed by atoms with E-state index in [0.717, 1.165) is 5.56 Å². The van der Waals surface area contributed by atoms with Gasteiger partial charge in [0.15, 0.2) is 0 Å². The maximum absolute atomic E-state index is 13.1. The Kier molecular flexibility index (Phi) is 5.63. The van der Waals surface area contributed by atoms with Gasteiger partial charge in [0.25, 0.3) is 5.91 Å². The molecule has 3 rings (SSSR count). The van der Waals surface area contributed by atoms with Crippen molar-refractivity contribution in [2.24, 2.45) is 0 Å². The summed E-state index contributed by atoms with van der Waals surface area (Å²) in [6.07, 6.45) is -1.58. The van der Waals surface area contributed by atoms with Crippen LogP contribution in [0.15, 0.2) is 73.1 Å². The first kappa shape index (κ1) is 19.4. The highest BCUT2D eigenvalue weighted by atomic mass is 19.4. The quantitative estimate of drug-likeness (QED) is 0.610. The van der Waals surface area contributed by atoms with E-state index in [9.17, 15) is 18.0 Å². The average Bonchev–Trinajstić information content (AvgIpc) is 2.67. The number of aryl methyl sites for hydroxylation is 1. The largest absolute Gasteiger partial charge is 0.573 e.